The van der Waals surface area contributed by atoms with Crippen LogP contribution in [0.25, 0.3) is 0 Å². The van der Waals surface area contributed by atoms with Gasteiger partial charge in [0, 0.05) is 17.8 Å². The fourth-order valence-corrected chi connectivity index (χ4v) is 2.54. The highest BCUT2D eigenvalue weighted by atomic mass is 19.1. The number of hydrogen-bond donors (Lipinski definition) is 1. The molecular formula is C18H21FN2O2. The number of aromatic nitrogens is 1. The van der Waals surface area contributed by atoms with Crippen molar-refractivity contribution in [2.45, 2.75) is 40.2 Å². The van der Waals surface area contributed by atoms with Crippen LogP contribution in [-0.2, 0) is 6.54 Å². The predicted octanol–water partition coefficient (Wildman–Crippen LogP) is 3.22. The van der Waals surface area contributed by atoms with Gasteiger partial charge in [-0.15, -0.1) is 0 Å². The summed E-state index contributed by atoms with van der Waals surface area (Å²) in [5.41, 5.74) is 7.59. The number of carbonyl (C=O) groups excluding carboxylic acids is 1. The van der Waals surface area contributed by atoms with Crippen LogP contribution < -0.4 is 11.3 Å². The molecule has 23 heavy (non-hydrogen) atoms. The summed E-state index contributed by atoms with van der Waals surface area (Å²) in [5, 5.41) is 0. The number of ketones is 1. The van der Waals surface area contributed by atoms with E-state index in [4.69, 9.17) is 5.73 Å². The highest BCUT2D eigenvalue weighted by molar-refractivity contribution is 6.12. The smallest absolute Gasteiger partial charge is 0.264 e. The van der Waals surface area contributed by atoms with Gasteiger partial charge in [0.05, 0.1) is 5.69 Å². The zero-order chi connectivity index (χ0) is 17.1. The van der Waals surface area contributed by atoms with Crippen LogP contribution in [0.2, 0.25) is 0 Å². The van der Waals surface area contributed by atoms with Crippen molar-refractivity contribution in [2.24, 2.45) is 0 Å². The standard InChI is InChI=1S/C18H21FN2O2/c1-4-5-10-21-12(3)11(2)16(20)15(18(21)23)17(22)13-6-8-14(19)9-7-13/h6-9H,4-5,10,20H2,1-3H3. The summed E-state index contributed by atoms with van der Waals surface area (Å²) in [6, 6.07) is 5.12. The molecule has 1 aromatic carbocycles. The second kappa shape index (κ2) is 6.77. The molecule has 0 saturated carbocycles. The average Bonchev–Trinajstić information content (AvgIpc) is 2.53. The van der Waals surface area contributed by atoms with E-state index in [2.05, 4.69) is 0 Å². The van der Waals surface area contributed by atoms with Crippen LogP contribution in [0.4, 0.5) is 10.1 Å². The first-order valence-electron chi connectivity index (χ1n) is 7.68. The van der Waals surface area contributed by atoms with E-state index in [1.165, 1.54) is 24.3 Å². The van der Waals surface area contributed by atoms with Crippen LogP contribution in [0, 0.1) is 19.7 Å². The number of unbranched alkanes of at least 4 members (excludes halogenated alkanes) is 1. The molecule has 0 saturated heterocycles. The molecule has 0 aliphatic carbocycles. The quantitative estimate of drug-likeness (QED) is 0.861. The first kappa shape index (κ1) is 16.9. The number of benzene rings is 1. The first-order chi connectivity index (χ1) is 10.9. The van der Waals surface area contributed by atoms with Crippen molar-refractivity contribution in [3.05, 3.63) is 62.8 Å². The van der Waals surface area contributed by atoms with Gasteiger partial charge in [-0.1, -0.05) is 13.3 Å². The van der Waals surface area contributed by atoms with Gasteiger partial charge in [0.15, 0.2) is 0 Å². The van der Waals surface area contributed by atoms with Gasteiger partial charge in [-0.3, -0.25) is 9.59 Å². The number of nitrogens with two attached hydrogens (primary N) is 1. The molecular weight excluding hydrogens is 295 g/mol. The zero-order valence-corrected chi connectivity index (χ0v) is 13.6. The summed E-state index contributed by atoms with van der Waals surface area (Å²) in [5.74, 6) is -0.907. The third-order valence-electron chi connectivity index (χ3n) is 4.15. The van der Waals surface area contributed by atoms with Crippen molar-refractivity contribution in [2.75, 3.05) is 5.73 Å². The third kappa shape index (κ3) is 3.18. The largest absolute Gasteiger partial charge is 0.398 e. The number of rotatable bonds is 5. The van der Waals surface area contributed by atoms with E-state index < -0.39 is 11.6 Å². The maximum atomic E-state index is 13.0. The van der Waals surface area contributed by atoms with Gasteiger partial charge in [-0.25, -0.2) is 4.39 Å². The highest BCUT2D eigenvalue weighted by Gasteiger charge is 2.22. The molecule has 0 unspecified atom stereocenters. The first-order valence-corrected chi connectivity index (χ1v) is 7.68. The predicted molar refractivity (Wildman–Crippen MR) is 89.3 cm³/mol. The van der Waals surface area contributed by atoms with Crippen molar-refractivity contribution < 1.29 is 9.18 Å². The molecule has 2 aromatic rings. The molecule has 4 nitrogen and oxygen atoms in total. The lowest BCUT2D eigenvalue weighted by Gasteiger charge is -2.17. The molecule has 122 valence electrons. The van der Waals surface area contributed by atoms with E-state index in [0.29, 0.717) is 6.54 Å². The van der Waals surface area contributed by atoms with E-state index >= 15 is 0 Å². The summed E-state index contributed by atoms with van der Waals surface area (Å²) in [4.78, 5) is 25.4. The highest BCUT2D eigenvalue weighted by Crippen LogP contribution is 2.21. The Morgan fingerprint density at radius 3 is 2.39 bits per heavy atom. The number of nitrogen functional groups attached to an aromatic ring is 1. The Kier molecular flexibility index (Phi) is 4.98. The molecule has 0 radical (unpaired) electrons. The molecule has 0 aliphatic heterocycles. The fraction of sp³-hybridized carbons (Fsp3) is 0.333. The van der Waals surface area contributed by atoms with E-state index in [1.54, 1.807) is 11.5 Å². The van der Waals surface area contributed by atoms with Gasteiger partial charge in [0.2, 0.25) is 5.78 Å². The van der Waals surface area contributed by atoms with Crippen LogP contribution in [0.15, 0.2) is 29.1 Å². The van der Waals surface area contributed by atoms with Crippen LogP contribution in [0.1, 0.15) is 46.9 Å². The van der Waals surface area contributed by atoms with Gasteiger partial charge < -0.3 is 10.3 Å². The van der Waals surface area contributed by atoms with Crippen LogP contribution in [0.3, 0.4) is 0 Å². The van der Waals surface area contributed by atoms with Gasteiger partial charge in [-0.2, -0.15) is 0 Å². The van der Waals surface area contributed by atoms with E-state index in [9.17, 15) is 14.0 Å². The lowest BCUT2D eigenvalue weighted by molar-refractivity contribution is 0.103. The summed E-state index contributed by atoms with van der Waals surface area (Å²) >= 11 is 0. The van der Waals surface area contributed by atoms with Crippen molar-refractivity contribution >= 4 is 11.5 Å². The number of halogens is 1. The zero-order valence-electron chi connectivity index (χ0n) is 13.6. The Bertz CT molecular complexity index is 792. The molecule has 1 aromatic heterocycles. The summed E-state index contributed by atoms with van der Waals surface area (Å²) in [6.07, 6.45) is 1.78. The monoisotopic (exact) mass is 316 g/mol. The summed E-state index contributed by atoms with van der Waals surface area (Å²) in [7, 11) is 0. The van der Waals surface area contributed by atoms with Crippen LogP contribution >= 0.6 is 0 Å². The molecule has 0 bridgehead atoms. The Hall–Kier alpha value is -2.43. The van der Waals surface area contributed by atoms with Crippen LogP contribution in [0.5, 0.6) is 0 Å². The molecule has 0 atom stereocenters. The lowest BCUT2D eigenvalue weighted by Crippen LogP contribution is -2.31. The SMILES string of the molecule is CCCCn1c(C)c(C)c(N)c(C(=O)c2ccc(F)cc2)c1=O. The average molecular weight is 316 g/mol. The molecule has 0 aliphatic rings. The van der Waals surface area contributed by atoms with Crippen LogP contribution in [-0.4, -0.2) is 10.4 Å². The summed E-state index contributed by atoms with van der Waals surface area (Å²) in [6.45, 7) is 6.21. The van der Waals surface area contributed by atoms with Gasteiger partial charge in [0.1, 0.15) is 11.4 Å². The van der Waals surface area contributed by atoms with Crippen molar-refractivity contribution in [1.82, 2.24) is 4.57 Å². The van der Waals surface area contributed by atoms with Gasteiger partial charge >= 0.3 is 0 Å². The Morgan fingerprint density at radius 2 is 1.83 bits per heavy atom. The normalized spacial score (nSPS) is 10.8. The van der Waals surface area contributed by atoms with E-state index in [0.717, 1.165) is 24.1 Å². The molecule has 0 fully saturated rings. The molecule has 2 N–H and O–H groups in total. The minimum atomic E-state index is -0.471. The number of carbonyl (C=O) groups is 1. The molecule has 1 heterocycles. The van der Waals surface area contributed by atoms with Crippen molar-refractivity contribution in [1.29, 1.82) is 0 Å². The van der Waals surface area contributed by atoms with Crippen molar-refractivity contribution in [3.63, 3.8) is 0 Å². The van der Waals surface area contributed by atoms with Crippen molar-refractivity contribution in [3.8, 4) is 0 Å². The molecule has 5 heteroatoms. The Labute approximate surface area is 134 Å². The maximum Gasteiger partial charge on any atom is 0.264 e. The third-order valence-corrected chi connectivity index (χ3v) is 4.15. The number of hydrogen-bond acceptors (Lipinski definition) is 3. The minimum Gasteiger partial charge on any atom is -0.398 e. The number of nitrogens with zero attached hydrogens (tertiary/aromatic N) is 1. The number of anilines is 1. The molecule has 0 amide bonds. The molecule has 2 rings (SSSR count). The van der Waals surface area contributed by atoms with E-state index in [1.807, 2.05) is 13.8 Å². The Balaban J connectivity index is 2.61. The fourth-order valence-electron chi connectivity index (χ4n) is 2.54. The van der Waals surface area contributed by atoms with Gasteiger partial charge in [-0.05, 0) is 50.1 Å². The topological polar surface area (TPSA) is 65.1 Å². The second-order valence-corrected chi connectivity index (χ2v) is 5.65. The Morgan fingerprint density at radius 1 is 1.22 bits per heavy atom. The molecule has 0 spiro atoms. The van der Waals surface area contributed by atoms with Gasteiger partial charge in [0.25, 0.3) is 5.56 Å². The maximum absolute atomic E-state index is 13.0. The lowest BCUT2D eigenvalue weighted by atomic mass is 9.99. The minimum absolute atomic E-state index is 0.0317. The number of pyridine rings is 1. The second-order valence-electron chi connectivity index (χ2n) is 5.65. The van der Waals surface area contributed by atoms with E-state index in [-0.39, 0.29) is 22.4 Å². The summed E-state index contributed by atoms with van der Waals surface area (Å²) < 4.78 is 14.6.